The number of aromatic hydroxyl groups is 2. The van der Waals surface area contributed by atoms with E-state index < -0.39 is 0 Å². The summed E-state index contributed by atoms with van der Waals surface area (Å²) < 4.78 is 0. The number of carbonyl (C=O) groups excluding carboxylic acids is 1. The molecule has 0 heterocycles. The third kappa shape index (κ3) is 3.06. The fraction of sp³-hybridized carbons (Fsp3) is 0.562. The number of rotatable bonds is 2. The number of carbonyl (C=O) groups is 1. The topological polar surface area (TPSA) is 60.8 Å². The minimum atomic E-state index is -0.256. The fourth-order valence-electron chi connectivity index (χ4n) is 2.80. The van der Waals surface area contributed by atoms with Gasteiger partial charge >= 0.3 is 0 Å². The van der Waals surface area contributed by atoms with Crippen molar-refractivity contribution in [3.8, 4) is 11.5 Å². The van der Waals surface area contributed by atoms with Crippen LogP contribution in [-0.2, 0) is 0 Å². The normalized spacial score (nSPS) is 18.8. The lowest BCUT2D eigenvalue weighted by Gasteiger charge is -2.38. The molecule has 2 N–H and O–H groups in total. The molecule has 110 valence electrons. The summed E-state index contributed by atoms with van der Waals surface area (Å²) in [5.74, 6) is -0.567. The Kier molecular flexibility index (Phi) is 3.93. The van der Waals surface area contributed by atoms with Crippen molar-refractivity contribution in [2.45, 2.75) is 45.6 Å². The first kappa shape index (κ1) is 14.7. The maximum absolute atomic E-state index is 12.4. The van der Waals surface area contributed by atoms with Gasteiger partial charge in [0, 0.05) is 18.7 Å². The van der Waals surface area contributed by atoms with Crippen LogP contribution < -0.4 is 0 Å². The second-order valence-electron chi connectivity index (χ2n) is 6.51. The lowest BCUT2D eigenvalue weighted by Crippen LogP contribution is -2.40. The van der Waals surface area contributed by atoms with Gasteiger partial charge in [-0.05, 0) is 49.3 Å². The molecule has 0 aromatic heterocycles. The van der Waals surface area contributed by atoms with E-state index in [2.05, 4.69) is 13.8 Å². The predicted octanol–water partition coefficient (Wildman–Crippen LogP) is 3.14. The molecule has 0 radical (unpaired) electrons. The summed E-state index contributed by atoms with van der Waals surface area (Å²) >= 11 is 0. The number of amides is 1. The molecule has 0 saturated heterocycles. The minimum Gasteiger partial charge on any atom is -0.504 e. The highest BCUT2D eigenvalue weighted by atomic mass is 16.3. The maximum atomic E-state index is 12.4. The highest BCUT2D eigenvalue weighted by molar-refractivity contribution is 5.94. The summed E-state index contributed by atoms with van der Waals surface area (Å²) in [6, 6.07) is 4.47. The van der Waals surface area contributed by atoms with E-state index in [-0.39, 0.29) is 23.4 Å². The van der Waals surface area contributed by atoms with Gasteiger partial charge in [0.25, 0.3) is 5.91 Å². The number of phenols is 2. The maximum Gasteiger partial charge on any atom is 0.253 e. The molecule has 1 saturated carbocycles. The van der Waals surface area contributed by atoms with Gasteiger partial charge in [0.2, 0.25) is 0 Å². The fourth-order valence-corrected chi connectivity index (χ4v) is 2.80. The number of hydrogen-bond acceptors (Lipinski definition) is 3. The van der Waals surface area contributed by atoms with Crippen LogP contribution in [0.3, 0.4) is 0 Å². The number of nitrogens with zero attached hydrogens (tertiary/aromatic N) is 1. The van der Waals surface area contributed by atoms with Crippen LogP contribution in [0.25, 0.3) is 0 Å². The van der Waals surface area contributed by atoms with Crippen molar-refractivity contribution in [2.75, 3.05) is 7.05 Å². The molecular formula is C16H23NO3. The summed E-state index contributed by atoms with van der Waals surface area (Å²) in [5, 5.41) is 18.8. The van der Waals surface area contributed by atoms with E-state index in [1.54, 1.807) is 11.0 Å². The third-order valence-corrected chi connectivity index (χ3v) is 4.40. The summed E-state index contributed by atoms with van der Waals surface area (Å²) in [6.45, 7) is 4.53. The van der Waals surface area contributed by atoms with E-state index in [0.717, 1.165) is 25.7 Å². The molecule has 1 aromatic carbocycles. The van der Waals surface area contributed by atoms with E-state index in [9.17, 15) is 15.0 Å². The molecule has 20 heavy (non-hydrogen) atoms. The van der Waals surface area contributed by atoms with Crippen molar-refractivity contribution in [2.24, 2.45) is 5.41 Å². The van der Waals surface area contributed by atoms with Crippen molar-refractivity contribution < 1.29 is 15.0 Å². The van der Waals surface area contributed by atoms with Crippen LogP contribution in [0.15, 0.2) is 18.2 Å². The van der Waals surface area contributed by atoms with E-state index in [1.807, 2.05) is 7.05 Å². The van der Waals surface area contributed by atoms with Gasteiger partial charge in [-0.2, -0.15) is 0 Å². The molecule has 1 aliphatic carbocycles. The Bertz CT molecular complexity index is 500. The monoisotopic (exact) mass is 277 g/mol. The van der Waals surface area contributed by atoms with Crippen LogP contribution in [0.5, 0.6) is 11.5 Å². The number of phenolic OH excluding ortho intramolecular Hbond substituents is 2. The molecular weight excluding hydrogens is 254 g/mol. The van der Waals surface area contributed by atoms with Crippen molar-refractivity contribution in [3.05, 3.63) is 23.8 Å². The summed E-state index contributed by atoms with van der Waals surface area (Å²) in [5.41, 5.74) is 0.782. The number of benzene rings is 1. The Morgan fingerprint density at radius 1 is 1.20 bits per heavy atom. The summed E-state index contributed by atoms with van der Waals surface area (Å²) in [6.07, 6.45) is 4.27. The highest BCUT2D eigenvalue weighted by Crippen LogP contribution is 2.37. The van der Waals surface area contributed by atoms with Crippen molar-refractivity contribution in [1.29, 1.82) is 0 Å². The SMILES string of the molecule is CN(C(=O)c1ccc(O)c(O)c1)C1CCC(C)(C)CC1. The quantitative estimate of drug-likeness (QED) is 0.816. The van der Waals surface area contributed by atoms with E-state index in [4.69, 9.17) is 0 Å². The predicted molar refractivity (Wildman–Crippen MR) is 77.9 cm³/mol. The van der Waals surface area contributed by atoms with Gasteiger partial charge in [-0.1, -0.05) is 13.8 Å². The minimum absolute atomic E-state index is 0.106. The van der Waals surface area contributed by atoms with Gasteiger partial charge in [0.15, 0.2) is 11.5 Å². The van der Waals surface area contributed by atoms with Gasteiger partial charge in [0.1, 0.15) is 0 Å². The van der Waals surface area contributed by atoms with Crippen LogP contribution in [0, 0.1) is 5.41 Å². The van der Waals surface area contributed by atoms with Gasteiger partial charge in [-0.25, -0.2) is 0 Å². The molecule has 0 unspecified atom stereocenters. The zero-order valence-electron chi connectivity index (χ0n) is 12.4. The van der Waals surface area contributed by atoms with Crippen molar-refractivity contribution in [3.63, 3.8) is 0 Å². The zero-order chi connectivity index (χ0) is 14.9. The summed E-state index contributed by atoms with van der Waals surface area (Å²) in [4.78, 5) is 14.2. The Labute approximate surface area is 120 Å². The third-order valence-electron chi connectivity index (χ3n) is 4.40. The summed E-state index contributed by atoms with van der Waals surface area (Å²) in [7, 11) is 1.81. The van der Waals surface area contributed by atoms with Crippen LogP contribution in [0.4, 0.5) is 0 Å². The van der Waals surface area contributed by atoms with Gasteiger partial charge < -0.3 is 15.1 Å². The molecule has 0 spiro atoms. The molecule has 1 fully saturated rings. The molecule has 1 aliphatic rings. The van der Waals surface area contributed by atoms with Gasteiger partial charge in [-0.15, -0.1) is 0 Å². The van der Waals surface area contributed by atoms with Crippen LogP contribution >= 0.6 is 0 Å². The Morgan fingerprint density at radius 3 is 2.35 bits per heavy atom. The molecule has 2 rings (SSSR count). The molecule has 4 heteroatoms. The average molecular weight is 277 g/mol. The number of hydrogen-bond donors (Lipinski definition) is 2. The lowest BCUT2D eigenvalue weighted by molar-refractivity contribution is 0.0635. The van der Waals surface area contributed by atoms with E-state index >= 15 is 0 Å². The molecule has 1 aromatic rings. The zero-order valence-corrected chi connectivity index (χ0v) is 12.4. The molecule has 4 nitrogen and oxygen atoms in total. The molecule has 1 amide bonds. The Hall–Kier alpha value is -1.71. The van der Waals surface area contributed by atoms with E-state index in [0.29, 0.717) is 11.0 Å². The molecule has 0 aliphatic heterocycles. The molecule has 0 atom stereocenters. The largest absolute Gasteiger partial charge is 0.504 e. The smallest absolute Gasteiger partial charge is 0.253 e. The van der Waals surface area contributed by atoms with E-state index in [1.165, 1.54) is 12.1 Å². The standard InChI is InChI=1S/C16H23NO3/c1-16(2)8-6-12(7-9-16)17(3)15(20)11-4-5-13(18)14(19)10-11/h4-5,10,12,18-19H,6-9H2,1-3H3. The van der Waals surface area contributed by atoms with Crippen molar-refractivity contribution in [1.82, 2.24) is 4.90 Å². The first-order valence-corrected chi connectivity index (χ1v) is 7.09. The van der Waals surface area contributed by atoms with Crippen LogP contribution in [0.1, 0.15) is 49.9 Å². The Balaban J connectivity index is 2.07. The average Bonchev–Trinajstić information content (AvgIpc) is 2.40. The van der Waals surface area contributed by atoms with Gasteiger partial charge in [0.05, 0.1) is 0 Å². The van der Waals surface area contributed by atoms with Gasteiger partial charge in [-0.3, -0.25) is 4.79 Å². The van der Waals surface area contributed by atoms with Crippen molar-refractivity contribution >= 4 is 5.91 Å². The van der Waals surface area contributed by atoms with Crippen LogP contribution in [0.2, 0.25) is 0 Å². The highest BCUT2D eigenvalue weighted by Gasteiger charge is 2.30. The Morgan fingerprint density at radius 2 is 1.80 bits per heavy atom. The first-order valence-electron chi connectivity index (χ1n) is 7.09. The second-order valence-corrected chi connectivity index (χ2v) is 6.51. The first-order chi connectivity index (χ1) is 9.30. The van der Waals surface area contributed by atoms with Crippen LogP contribution in [-0.4, -0.2) is 34.1 Å². The molecule has 0 bridgehead atoms. The second kappa shape index (κ2) is 5.35. The lowest BCUT2D eigenvalue weighted by atomic mass is 9.75.